The summed E-state index contributed by atoms with van der Waals surface area (Å²) in [5.41, 5.74) is 5.33. The van der Waals surface area contributed by atoms with Crippen LogP contribution in [0.25, 0.3) is 0 Å². The first-order valence-corrected chi connectivity index (χ1v) is 10.7. The molecule has 4 heterocycles. The van der Waals surface area contributed by atoms with E-state index in [0.717, 1.165) is 18.7 Å². The molecule has 3 aliphatic heterocycles. The Morgan fingerprint density at radius 3 is 2.75 bits per heavy atom. The van der Waals surface area contributed by atoms with Crippen LogP contribution >= 0.6 is 27.7 Å². The summed E-state index contributed by atoms with van der Waals surface area (Å²) in [5, 5.41) is 11.2. The quantitative estimate of drug-likeness (QED) is 0.397. The number of thioether (sulfide) groups is 1. The Hall–Kier alpha value is -0.400. The van der Waals surface area contributed by atoms with Crippen molar-refractivity contribution in [3.63, 3.8) is 0 Å². The normalized spacial score (nSPS) is 34.8. The molecule has 1 aromatic heterocycles. The van der Waals surface area contributed by atoms with Gasteiger partial charge in [0, 0.05) is 42.3 Å². The average molecular weight is 409 g/mol. The van der Waals surface area contributed by atoms with E-state index in [4.69, 9.17) is 4.98 Å². The third-order valence-corrected chi connectivity index (χ3v) is 7.41. The summed E-state index contributed by atoms with van der Waals surface area (Å²) in [6, 6.07) is 4.08. The van der Waals surface area contributed by atoms with Crippen molar-refractivity contribution >= 4 is 27.7 Å². The minimum absolute atomic E-state index is 0.332. The summed E-state index contributed by atoms with van der Waals surface area (Å²) in [7, 11) is 0. The van der Waals surface area contributed by atoms with Gasteiger partial charge in [-0.3, -0.25) is 10.3 Å². The number of hydrogen-bond donors (Lipinski definition) is 3. The molecule has 1 aromatic rings. The standard InChI is InChI=1S/C18H25BrN4S/c1-10-5-12(3-4-24-17-6-11(2)18(19)23-17)20-8-13(10)14-7-15-16(22-14)9-21-15/h5-6,8,14-18,21-23H,3-4,7,9H2,1-2H3. The van der Waals surface area contributed by atoms with Crippen LogP contribution in [0.3, 0.4) is 0 Å². The number of pyridine rings is 1. The van der Waals surface area contributed by atoms with Crippen molar-refractivity contribution in [2.24, 2.45) is 0 Å². The van der Waals surface area contributed by atoms with Crippen LogP contribution in [0.15, 0.2) is 23.9 Å². The number of fused-ring (bicyclic) bond motifs is 1. The van der Waals surface area contributed by atoms with Gasteiger partial charge in [0.2, 0.25) is 0 Å². The zero-order chi connectivity index (χ0) is 16.7. The smallest absolute Gasteiger partial charge is 0.0855 e. The van der Waals surface area contributed by atoms with Crippen molar-refractivity contribution in [2.75, 3.05) is 12.3 Å². The Morgan fingerprint density at radius 2 is 2.17 bits per heavy atom. The molecular formula is C18H25BrN4S. The van der Waals surface area contributed by atoms with Gasteiger partial charge >= 0.3 is 0 Å². The van der Waals surface area contributed by atoms with Crippen molar-refractivity contribution in [1.82, 2.24) is 20.9 Å². The molecule has 6 heteroatoms. The summed E-state index contributed by atoms with van der Waals surface area (Å²) in [4.78, 5) is 5.06. The zero-order valence-corrected chi connectivity index (χ0v) is 16.6. The number of nitrogens with zero attached hydrogens (tertiary/aromatic N) is 1. The summed E-state index contributed by atoms with van der Waals surface area (Å²) in [5.74, 6) is 1.09. The summed E-state index contributed by atoms with van der Waals surface area (Å²) < 4.78 is 0. The molecule has 3 N–H and O–H groups in total. The molecule has 4 nitrogen and oxygen atoms in total. The maximum absolute atomic E-state index is 4.73. The van der Waals surface area contributed by atoms with Crippen LogP contribution in [-0.4, -0.2) is 39.7 Å². The molecule has 24 heavy (non-hydrogen) atoms. The first-order valence-electron chi connectivity index (χ1n) is 8.75. The Kier molecular flexibility index (Phi) is 5.02. The molecule has 5 unspecified atom stereocenters. The van der Waals surface area contributed by atoms with Crippen molar-refractivity contribution < 1.29 is 0 Å². The van der Waals surface area contributed by atoms with Crippen molar-refractivity contribution in [2.45, 2.75) is 55.1 Å². The number of aromatic nitrogens is 1. The Morgan fingerprint density at radius 1 is 1.29 bits per heavy atom. The lowest BCUT2D eigenvalue weighted by Crippen LogP contribution is -2.58. The maximum atomic E-state index is 4.73. The van der Waals surface area contributed by atoms with Gasteiger partial charge in [0.15, 0.2) is 0 Å². The minimum atomic E-state index is 0.332. The Labute approximate surface area is 156 Å². The van der Waals surface area contributed by atoms with E-state index < -0.39 is 0 Å². The molecule has 4 rings (SSSR count). The lowest BCUT2D eigenvalue weighted by atomic mass is 9.97. The number of nitrogens with one attached hydrogen (secondary N) is 3. The molecule has 2 fully saturated rings. The molecular weight excluding hydrogens is 384 g/mol. The third kappa shape index (κ3) is 3.44. The topological polar surface area (TPSA) is 49.0 Å². The summed E-state index contributed by atoms with van der Waals surface area (Å²) in [6.07, 6.45) is 6.62. The fourth-order valence-corrected chi connectivity index (χ4v) is 5.52. The molecule has 0 radical (unpaired) electrons. The fraction of sp³-hybridized carbons (Fsp3) is 0.611. The van der Waals surface area contributed by atoms with Gasteiger partial charge < -0.3 is 10.6 Å². The lowest BCUT2D eigenvalue weighted by molar-refractivity contribution is 0.327. The second-order valence-electron chi connectivity index (χ2n) is 7.09. The van der Waals surface area contributed by atoms with E-state index in [-0.39, 0.29) is 0 Å². The first kappa shape index (κ1) is 17.0. The largest absolute Gasteiger partial charge is 0.311 e. The molecule has 3 aliphatic rings. The molecule has 130 valence electrons. The second-order valence-corrected chi connectivity index (χ2v) is 9.25. The van der Waals surface area contributed by atoms with Crippen molar-refractivity contribution in [3.05, 3.63) is 40.7 Å². The highest BCUT2D eigenvalue weighted by atomic mass is 79.9. The van der Waals surface area contributed by atoms with Crippen molar-refractivity contribution in [3.8, 4) is 0 Å². The highest BCUT2D eigenvalue weighted by Crippen LogP contribution is 2.32. The van der Waals surface area contributed by atoms with Crippen LogP contribution in [0.1, 0.15) is 36.2 Å². The van der Waals surface area contributed by atoms with Gasteiger partial charge in [0.1, 0.15) is 0 Å². The van der Waals surface area contributed by atoms with Crippen LogP contribution in [0, 0.1) is 6.92 Å². The predicted molar refractivity (Wildman–Crippen MR) is 105 cm³/mol. The number of hydrogen-bond acceptors (Lipinski definition) is 5. The van der Waals surface area contributed by atoms with Crippen LogP contribution in [-0.2, 0) is 6.42 Å². The van der Waals surface area contributed by atoms with E-state index in [2.05, 4.69) is 64.1 Å². The lowest BCUT2D eigenvalue weighted by Gasteiger charge is -2.31. The summed E-state index contributed by atoms with van der Waals surface area (Å²) >= 11 is 5.58. The van der Waals surface area contributed by atoms with E-state index in [1.807, 2.05) is 11.8 Å². The number of alkyl halides is 1. The van der Waals surface area contributed by atoms with Crippen LogP contribution in [0.2, 0.25) is 0 Å². The second kappa shape index (κ2) is 7.08. The van der Waals surface area contributed by atoms with Gasteiger partial charge in [-0.25, -0.2) is 0 Å². The number of halogens is 1. The zero-order valence-electron chi connectivity index (χ0n) is 14.2. The van der Waals surface area contributed by atoms with E-state index in [1.165, 1.54) is 28.8 Å². The number of rotatable bonds is 5. The highest BCUT2D eigenvalue weighted by molar-refractivity contribution is 9.09. The van der Waals surface area contributed by atoms with E-state index in [9.17, 15) is 0 Å². The highest BCUT2D eigenvalue weighted by Gasteiger charge is 2.40. The first-order chi connectivity index (χ1) is 11.6. The van der Waals surface area contributed by atoms with Gasteiger partial charge in [-0.1, -0.05) is 22.0 Å². The molecule has 5 atom stereocenters. The molecule has 0 saturated carbocycles. The van der Waals surface area contributed by atoms with E-state index in [0.29, 0.717) is 28.5 Å². The van der Waals surface area contributed by atoms with Crippen LogP contribution < -0.4 is 16.0 Å². The van der Waals surface area contributed by atoms with Crippen molar-refractivity contribution in [1.29, 1.82) is 0 Å². The summed E-state index contributed by atoms with van der Waals surface area (Å²) in [6.45, 7) is 5.50. The Bertz CT molecular complexity index is 638. The van der Waals surface area contributed by atoms with Gasteiger partial charge in [-0.15, -0.1) is 11.8 Å². The van der Waals surface area contributed by atoms with E-state index >= 15 is 0 Å². The number of aryl methyl sites for hydroxylation is 2. The Balaban J connectivity index is 1.31. The van der Waals surface area contributed by atoms with Crippen LogP contribution in [0.5, 0.6) is 0 Å². The van der Waals surface area contributed by atoms with Gasteiger partial charge in [0.25, 0.3) is 0 Å². The molecule has 0 aromatic carbocycles. The molecule has 0 amide bonds. The SMILES string of the molecule is CC1=CC(SCCc2cc(C)c(C3CC4NCC4N3)cn2)NC1Br. The van der Waals surface area contributed by atoms with Gasteiger partial charge in [-0.2, -0.15) is 0 Å². The van der Waals surface area contributed by atoms with Gasteiger partial charge in [-0.05, 0) is 49.5 Å². The predicted octanol–water partition coefficient (Wildman–Crippen LogP) is 2.64. The van der Waals surface area contributed by atoms with Gasteiger partial charge in [0.05, 0.1) is 10.3 Å². The van der Waals surface area contributed by atoms with Crippen LogP contribution in [0.4, 0.5) is 0 Å². The fourth-order valence-electron chi connectivity index (χ4n) is 3.78. The third-order valence-electron chi connectivity index (χ3n) is 5.35. The molecule has 2 saturated heterocycles. The maximum Gasteiger partial charge on any atom is 0.0855 e. The monoisotopic (exact) mass is 408 g/mol. The minimum Gasteiger partial charge on any atom is -0.311 e. The molecule has 0 bridgehead atoms. The molecule has 0 spiro atoms. The average Bonchev–Trinajstić information content (AvgIpc) is 3.00. The molecule has 0 aliphatic carbocycles. The van der Waals surface area contributed by atoms with E-state index in [1.54, 1.807) is 0 Å².